The number of aliphatic hydroxyl groups is 3. The van der Waals surface area contributed by atoms with E-state index >= 15 is 0 Å². The van der Waals surface area contributed by atoms with Gasteiger partial charge in [0, 0.05) is 5.92 Å². The fraction of sp³-hybridized carbons (Fsp3) is 0.750. The van der Waals surface area contributed by atoms with Gasteiger partial charge in [-0.2, -0.15) is 0 Å². The van der Waals surface area contributed by atoms with Crippen molar-refractivity contribution >= 4 is 17.8 Å². The first-order valence-corrected chi connectivity index (χ1v) is 9.89. The first kappa shape index (κ1) is 26.7. The Morgan fingerprint density at radius 1 is 1.19 bits per heavy atom. The molecule has 0 aromatic rings. The summed E-state index contributed by atoms with van der Waals surface area (Å²) in [4.78, 5) is 24.5. The van der Waals surface area contributed by atoms with Crippen molar-refractivity contribution in [3.05, 3.63) is 11.8 Å². The van der Waals surface area contributed by atoms with E-state index in [1.807, 2.05) is 0 Å². The predicted octanol–water partition coefficient (Wildman–Crippen LogP) is -0.601. The molecule has 0 unspecified atom stereocenters. The molecule has 1 aliphatic rings. The van der Waals surface area contributed by atoms with E-state index in [4.69, 9.17) is 15.9 Å². The highest BCUT2D eigenvalue weighted by Gasteiger charge is 2.71. The van der Waals surface area contributed by atoms with Crippen molar-refractivity contribution in [3.8, 4) is 0 Å². The Labute approximate surface area is 182 Å². The smallest absolute Gasteiger partial charge is 0.370 e. The molecule has 5 atom stereocenters. The van der Waals surface area contributed by atoms with Crippen LogP contribution in [0.1, 0.15) is 55.4 Å². The minimum atomic E-state index is -2.36. The molecule has 0 spiro atoms. The monoisotopic (exact) mass is 444 g/mol. The van der Waals surface area contributed by atoms with E-state index in [9.17, 15) is 30.0 Å². The van der Waals surface area contributed by atoms with Gasteiger partial charge in [0.1, 0.15) is 16.7 Å². The number of ether oxygens (including phenoxy) is 1. The Morgan fingerprint density at radius 2 is 1.68 bits per heavy atom. The zero-order chi connectivity index (χ0) is 24.8. The summed E-state index contributed by atoms with van der Waals surface area (Å²) in [7, 11) is 0. The van der Waals surface area contributed by atoms with E-state index in [-0.39, 0.29) is 0 Å². The summed E-state index contributed by atoms with van der Waals surface area (Å²) in [5.41, 5.74) is -4.70. The molecule has 31 heavy (non-hydrogen) atoms. The molecule has 0 aromatic carbocycles. The van der Waals surface area contributed by atoms with E-state index in [1.54, 1.807) is 13.8 Å². The Kier molecular flexibility index (Phi) is 6.84. The molecule has 9 N–H and O–H groups in total. The van der Waals surface area contributed by atoms with Crippen molar-refractivity contribution in [2.75, 3.05) is 0 Å². The molecule has 0 saturated carbocycles. The van der Waals surface area contributed by atoms with Crippen LogP contribution < -0.4 is 16.4 Å². The zero-order valence-corrected chi connectivity index (χ0v) is 19.3. The third kappa shape index (κ3) is 4.21. The number of carboxylic acid groups (broad SMARTS) is 1. The Bertz CT molecular complexity index is 785. The van der Waals surface area contributed by atoms with Gasteiger partial charge >= 0.3 is 5.97 Å². The number of guanidine groups is 1. The van der Waals surface area contributed by atoms with Gasteiger partial charge in [-0.1, -0.05) is 13.8 Å². The number of carboxylic acids is 1. The quantitative estimate of drug-likeness (QED) is 0.186. The van der Waals surface area contributed by atoms with Crippen molar-refractivity contribution in [1.82, 2.24) is 10.6 Å². The molecule has 11 nitrogen and oxygen atoms in total. The highest BCUT2D eigenvalue weighted by molar-refractivity contribution is 5.86. The number of hydrogen-bond donors (Lipinski definition) is 8. The Morgan fingerprint density at radius 3 is 2.03 bits per heavy atom. The average molecular weight is 445 g/mol. The molecule has 0 fully saturated rings. The van der Waals surface area contributed by atoms with Crippen LogP contribution in [0.5, 0.6) is 0 Å². The van der Waals surface area contributed by atoms with Crippen molar-refractivity contribution in [1.29, 1.82) is 5.41 Å². The number of aliphatic carboxylic acids is 1. The van der Waals surface area contributed by atoms with Crippen molar-refractivity contribution in [2.24, 2.45) is 11.7 Å². The lowest BCUT2D eigenvalue weighted by Crippen LogP contribution is -2.84. The molecule has 0 saturated heterocycles. The minimum absolute atomic E-state index is 0.460. The Hall–Kier alpha value is -2.37. The van der Waals surface area contributed by atoms with E-state index in [0.717, 1.165) is 6.08 Å². The van der Waals surface area contributed by atoms with Gasteiger partial charge in [-0.15, -0.1) is 0 Å². The summed E-state index contributed by atoms with van der Waals surface area (Å²) in [5.74, 6) is -3.54. The third-order valence-corrected chi connectivity index (χ3v) is 6.74. The maximum atomic E-state index is 12.7. The second-order valence-electron chi connectivity index (χ2n) is 9.56. The summed E-state index contributed by atoms with van der Waals surface area (Å²) >= 11 is 0. The van der Waals surface area contributed by atoms with Crippen molar-refractivity contribution < 1.29 is 34.8 Å². The standard InChI is InChI=1S/C20H36N4O7/c1-10(2)13(25)24-17(5)12(23-15(21)22)9-11(14(26)27)31-20(17,8)19(7,30)18(6,29)16(3,4)28/h9-10,12,28-30H,1-8H3,(H,24,25)(H,26,27)(H4,21,22,23)/t12-,17+,18+,19+,20+/m0/s1. The molecule has 1 amide bonds. The minimum Gasteiger partial charge on any atom is -0.475 e. The summed E-state index contributed by atoms with van der Waals surface area (Å²) in [6.07, 6.45) is 1.13. The lowest BCUT2D eigenvalue weighted by atomic mass is 9.58. The summed E-state index contributed by atoms with van der Waals surface area (Å²) in [6.45, 7) is 11.0. The van der Waals surface area contributed by atoms with Gasteiger partial charge in [0.25, 0.3) is 0 Å². The van der Waals surface area contributed by atoms with Crippen molar-refractivity contribution in [2.45, 2.75) is 89.4 Å². The number of rotatable bonds is 7. The van der Waals surface area contributed by atoms with E-state index in [1.165, 1.54) is 41.5 Å². The molecule has 178 valence electrons. The third-order valence-electron chi connectivity index (χ3n) is 6.74. The molecule has 11 heteroatoms. The topological polar surface area (TPSA) is 198 Å². The van der Waals surface area contributed by atoms with Crippen LogP contribution in [0.15, 0.2) is 11.8 Å². The van der Waals surface area contributed by atoms with Crippen LogP contribution in [-0.4, -0.2) is 72.2 Å². The fourth-order valence-electron chi connectivity index (χ4n) is 3.71. The normalized spacial score (nSPS) is 30.3. The summed E-state index contributed by atoms with van der Waals surface area (Å²) in [5, 5.41) is 56.1. The van der Waals surface area contributed by atoms with Crippen LogP contribution in [0.3, 0.4) is 0 Å². The first-order valence-electron chi connectivity index (χ1n) is 9.89. The molecule has 0 aromatic heterocycles. The van der Waals surface area contributed by atoms with Gasteiger partial charge in [-0.25, -0.2) is 4.79 Å². The number of nitrogens with one attached hydrogen (secondary N) is 3. The second kappa shape index (κ2) is 7.95. The number of carbonyl (C=O) groups is 2. The predicted molar refractivity (Wildman–Crippen MR) is 113 cm³/mol. The largest absolute Gasteiger partial charge is 0.475 e. The van der Waals surface area contributed by atoms with Gasteiger partial charge in [-0.05, 0) is 47.6 Å². The van der Waals surface area contributed by atoms with Gasteiger partial charge < -0.3 is 41.5 Å². The van der Waals surface area contributed by atoms with Gasteiger partial charge in [0.2, 0.25) is 11.7 Å². The van der Waals surface area contributed by atoms with Crippen LogP contribution in [0, 0.1) is 11.3 Å². The summed E-state index contributed by atoms with van der Waals surface area (Å²) in [6, 6.07) is -1.14. The molecule has 1 heterocycles. The second-order valence-corrected chi connectivity index (χ2v) is 9.56. The zero-order valence-electron chi connectivity index (χ0n) is 19.3. The highest BCUT2D eigenvalue weighted by atomic mass is 16.5. The molecular weight excluding hydrogens is 408 g/mol. The molecule has 0 bridgehead atoms. The van der Waals surface area contributed by atoms with Gasteiger partial charge in [0.05, 0.1) is 11.6 Å². The molecule has 0 radical (unpaired) electrons. The maximum Gasteiger partial charge on any atom is 0.370 e. The number of amides is 1. The van der Waals surface area contributed by atoms with Crippen LogP contribution in [0.2, 0.25) is 0 Å². The van der Waals surface area contributed by atoms with Crippen LogP contribution >= 0.6 is 0 Å². The van der Waals surface area contributed by atoms with Crippen LogP contribution in [0.25, 0.3) is 0 Å². The van der Waals surface area contributed by atoms with Crippen molar-refractivity contribution in [3.63, 3.8) is 0 Å². The number of nitrogens with two attached hydrogens (primary N) is 1. The number of carbonyl (C=O) groups excluding carboxylic acids is 1. The highest BCUT2D eigenvalue weighted by Crippen LogP contribution is 2.50. The molecule has 1 aliphatic heterocycles. The lowest BCUT2D eigenvalue weighted by molar-refractivity contribution is -0.298. The van der Waals surface area contributed by atoms with Gasteiger partial charge in [0.15, 0.2) is 11.6 Å². The Balaban J connectivity index is 3.93. The molecular formula is C20H36N4O7. The van der Waals surface area contributed by atoms with Crippen LogP contribution in [0.4, 0.5) is 0 Å². The van der Waals surface area contributed by atoms with E-state index in [2.05, 4.69) is 10.6 Å². The summed E-state index contributed by atoms with van der Waals surface area (Å²) < 4.78 is 5.76. The molecule has 1 rings (SSSR count). The average Bonchev–Trinajstić information content (AvgIpc) is 2.56. The number of hydrogen-bond acceptors (Lipinski definition) is 7. The van der Waals surface area contributed by atoms with E-state index in [0.29, 0.717) is 0 Å². The van der Waals surface area contributed by atoms with Crippen LogP contribution in [-0.2, 0) is 14.3 Å². The fourth-order valence-corrected chi connectivity index (χ4v) is 3.71. The van der Waals surface area contributed by atoms with E-state index < -0.39 is 63.5 Å². The maximum absolute atomic E-state index is 12.7. The lowest BCUT2D eigenvalue weighted by Gasteiger charge is -2.62. The van der Waals surface area contributed by atoms with Gasteiger partial charge in [-0.3, -0.25) is 10.2 Å². The molecule has 0 aliphatic carbocycles. The SMILES string of the molecule is CC(C)C(=O)N[C@]1(C)[C@@H](NC(=N)N)C=C(C(=O)O)O[C@@]1(C)[C@](C)(O)[C@](C)(O)C(C)(C)O. The first-order chi connectivity index (χ1) is 13.7.